The number of carbonyl (C=O) groups is 3. The molecule has 1 N–H and O–H groups in total. The van der Waals surface area contributed by atoms with Crippen LogP contribution in [0.1, 0.15) is 11.1 Å². The number of carbonyl (C=O) groups excluding carboxylic acids is 3. The van der Waals surface area contributed by atoms with E-state index in [2.05, 4.69) is 5.32 Å². The summed E-state index contributed by atoms with van der Waals surface area (Å²) in [5, 5.41) is 2.32. The van der Waals surface area contributed by atoms with E-state index < -0.39 is 23.7 Å². The van der Waals surface area contributed by atoms with E-state index in [1.165, 1.54) is 31.4 Å². The molecule has 4 rings (SSSR count). The third-order valence-corrected chi connectivity index (χ3v) is 5.26. The fraction of sp³-hybridized carbons (Fsp3) is 0.0800. The van der Waals surface area contributed by atoms with E-state index >= 15 is 0 Å². The zero-order valence-corrected chi connectivity index (χ0v) is 18.6. The van der Waals surface area contributed by atoms with Gasteiger partial charge in [-0.2, -0.15) is 0 Å². The minimum Gasteiger partial charge on any atom is -0.493 e. The summed E-state index contributed by atoms with van der Waals surface area (Å²) >= 11 is 6.41. The van der Waals surface area contributed by atoms with Gasteiger partial charge < -0.3 is 9.47 Å². The quantitative estimate of drug-likeness (QED) is 0.407. The maximum atomic E-state index is 13.3. The maximum Gasteiger partial charge on any atom is 0.335 e. The lowest BCUT2D eigenvalue weighted by atomic mass is 10.1. The predicted octanol–water partition coefficient (Wildman–Crippen LogP) is 4.73. The second kappa shape index (κ2) is 9.76. The van der Waals surface area contributed by atoms with Crippen molar-refractivity contribution in [2.24, 2.45) is 0 Å². The van der Waals surface area contributed by atoms with Crippen LogP contribution < -0.4 is 19.7 Å². The van der Waals surface area contributed by atoms with E-state index in [1.54, 1.807) is 6.07 Å². The van der Waals surface area contributed by atoms with E-state index in [1.807, 2.05) is 30.3 Å². The molecule has 34 heavy (non-hydrogen) atoms. The fourth-order valence-electron chi connectivity index (χ4n) is 3.34. The summed E-state index contributed by atoms with van der Waals surface area (Å²) in [7, 11) is 1.44. The molecular weight excluding hydrogens is 463 g/mol. The minimum absolute atomic E-state index is 0.113. The molecule has 4 amide bonds. The van der Waals surface area contributed by atoms with Crippen LogP contribution in [0.3, 0.4) is 0 Å². The Morgan fingerprint density at radius 3 is 2.41 bits per heavy atom. The highest BCUT2D eigenvalue weighted by Gasteiger charge is 2.36. The fourth-order valence-corrected chi connectivity index (χ4v) is 3.62. The molecule has 172 valence electrons. The van der Waals surface area contributed by atoms with Crippen molar-refractivity contribution in [2.45, 2.75) is 6.61 Å². The van der Waals surface area contributed by atoms with Gasteiger partial charge >= 0.3 is 6.03 Å². The predicted molar refractivity (Wildman–Crippen MR) is 124 cm³/mol. The van der Waals surface area contributed by atoms with Gasteiger partial charge in [-0.15, -0.1) is 0 Å². The highest BCUT2D eigenvalue weighted by molar-refractivity contribution is 6.39. The van der Waals surface area contributed by atoms with Crippen LogP contribution in [0.15, 0.2) is 72.3 Å². The van der Waals surface area contributed by atoms with Crippen molar-refractivity contribution in [3.8, 4) is 11.5 Å². The van der Waals surface area contributed by atoms with Crippen LogP contribution in [-0.4, -0.2) is 25.0 Å². The van der Waals surface area contributed by atoms with E-state index in [9.17, 15) is 18.8 Å². The Kier molecular flexibility index (Phi) is 6.60. The lowest BCUT2D eigenvalue weighted by Crippen LogP contribution is -2.54. The molecule has 0 spiro atoms. The van der Waals surface area contributed by atoms with Crippen LogP contribution in [-0.2, 0) is 16.2 Å². The number of amides is 4. The SMILES string of the molecule is COc1cc(/C=C2\C(=O)NC(=O)N(c3ccc(F)cc3)C2=O)cc(Cl)c1OCc1ccccc1. The molecule has 1 aliphatic heterocycles. The Labute approximate surface area is 199 Å². The zero-order valence-electron chi connectivity index (χ0n) is 17.9. The molecule has 7 nitrogen and oxygen atoms in total. The van der Waals surface area contributed by atoms with Gasteiger partial charge in [-0.25, -0.2) is 14.1 Å². The van der Waals surface area contributed by atoms with E-state index in [0.29, 0.717) is 17.1 Å². The van der Waals surface area contributed by atoms with Crippen molar-refractivity contribution in [1.29, 1.82) is 0 Å². The number of ether oxygens (including phenoxy) is 2. The van der Waals surface area contributed by atoms with Crippen LogP contribution >= 0.6 is 11.6 Å². The number of halogens is 2. The smallest absolute Gasteiger partial charge is 0.335 e. The molecule has 0 atom stereocenters. The topological polar surface area (TPSA) is 84.9 Å². The van der Waals surface area contributed by atoms with Crippen LogP contribution in [0.4, 0.5) is 14.9 Å². The molecule has 0 aliphatic carbocycles. The number of anilines is 1. The summed E-state index contributed by atoms with van der Waals surface area (Å²) in [6.45, 7) is 0.257. The largest absolute Gasteiger partial charge is 0.493 e. The molecule has 9 heteroatoms. The first kappa shape index (κ1) is 23.0. The van der Waals surface area contributed by atoms with Gasteiger partial charge in [0.15, 0.2) is 11.5 Å². The normalized spacial score (nSPS) is 14.9. The first-order valence-corrected chi connectivity index (χ1v) is 10.5. The summed E-state index contributed by atoms with van der Waals surface area (Å²) in [6.07, 6.45) is 1.29. The monoisotopic (exact) mass is 480 g/mol. The van der Waals surface area contributed by atoms with Crippen molar-refractivity contribution in [3.63, 3.8) is 0 Å². The van der Waals surface area contributed by atoms with Gasteiger partial charge in [0.25, 0.3) is 11.8 Å². The van der Waals surface area contributed by atoms with Crippen molar-refractivity contribution in [2.75, 3.05) is 12.0 Å². The third kappa shape index (κ3) is 4.77. The highest BCUT2D eigenvalue weighted by Crippen LogP contribution is 2.38. The van der Waals surface area contributed by atoms with Crippen LogP contribution in [0.5, 0.6) is 11.5 Å². The number of nitrogens with one attached hydrogen (secondary N) is 1. The standard InChI is InChI=1S/C25H18ClFN2O5/c1-33-21-13-16(12-20(26)22(21)34-14-15-5-3-2-4-6-15)11-19-23(30)28-25(32)29(24(19)31)18-9-7-17(27)8-10-18/h2-13H,14H2,1H3,(H,28,30,32)/b19-11+. The number of hydrogen-bond donors (Lipinski definition) is 1. The molecule has 1 aliphatic rings. The molecule has 1 heterocycles. The number of methoxy groups -OCH3 is 1. The van der Waals surface area contributed by atoms with Crippen molar-refractivity contribution in [1.82, 2.24) is 5.32 Å². The highest BCUT2D eigenvalue weighted by atomic mass is 35.5. The average molecular weight is 481 g/mol. The molecule has 3 aromatic carbocycles. The van der Waals surface area contributed by atoms with Crippen molar-refractivity contribution in [3.05, 3.63) is 94.3 Å². The lowest BCUT2D eigenvalue weighted by Gasteiger charge is -2.26. The van der Waals surface area contributed by atoms with Gasteiger partial charge in [0.1, 0.15) is 18.0 Å². The van der Waals surface area contributed by atoms with Crippen LogP contribution in [0.25, 0.3) is 6.08 Å². The Morgan fingerprint density at radius 1 is 1.03 bits per heavy atom. The first-order chi connectivity index (χ1) is 16.4. The van der Waals surface area contributed by atoms with E-state index in [0.717, 1.165) is 22.6 Å². The van der Waals surface area contributed by atoms with E-state index in [4.69, 9.17) is 21.1 Å². The number of benzene rings is 3. The Hall–Kier alpha value is -4.17. The zero-order chi connectivity index (χ0) is 24.2. The summed E-state index contributed by atoms with van der Waals surface area (Å²) in [5.74, 6) is -1.66. The Morgan fingerprint density at radius 2 is 1.74 bits per heavy atom. The van der Waals surface area contributed by atoms with Crippen LogP contribution in [0.2, 0.25) is 5.02 Å². The number of hydrogen-bond acceptors (Lipinski definition) is 5. The molecule has 1 fully saturated rings. The summed E-state index contributed by atoms with van der Waals surface area (Å²) in [6, 6.07) is 16.3. The summed E-state index contributed by atoms with van der Waals surface area (Å²) in [5.41, 5.74) is 1.12. The Bertz CT molecular complexity index is 1290. The van der Waals surface area contributed by atoms with Gasteiger partial charge in [-0.1, -0.05) is 41.9 Å². The molecular formula is C25H18ClFN2O5. The molecule has 0 aromatic heterocycles. The number of urea groups is 1. The van der Waals surface area contributed by atoms with Gasteiger partial charge in [-0.05, 0) is 53.6 Å². The number of nitrogens with zero attached hydrogens (tertiary/aromatic N) is 1. The second-order valence-corrected chi connectivity index (χ2v) is 7.65. The van der Waals surface area contributed by atoms with Gasteiger partial charge in [0.2, 0.25) is 0 Å². The maximum absolute atomic E-state index is 13.3. The van der Waals surface area contributed by atoms with Crippen molar-refractivity contribution >= 4 is 41.2 Å². The molecule has 0 radical (unpaired) electrons. The number of imide groups is 2. The van der Waals surface area contributed by atoms with E-state index in [-0.39, 0.29) is 22.9 Å². The van der Waals surface area contributed by atoms with Gasteiger partial charge in [-0.3, -0.25) is 14.9 Å². The summed E-state index contributed by atoms with van der Waals surface area (Å²) < 4.78 is 24.5. The number of barbiturate groups is 1. The minimum atomic E-state index is -0.931. The molecule has 3 aromatic rings. The van der Waals surface area contributed by atoms with Gasteiger partial charge in [0.05, 0.1) is 17.8 Å². The lowest BCUT2D eigenvalue weighted by molar-refractivity contribution is -0.122. The van der Waals surface area contributed by atoms with Crippen LogP contribution in [0, 0.1) is 5.82 Å². The molecule has 0 unspecified atom stereocenters. The average Bonchev–Trinajstić information content (AvgIpc) is 2.82. The molecule has 0 bridgehead atoms. The number of rotatable bonds is 6. The first-order valence-electron chi connectivity index (χ1n) is 10.1. The molecule has 0 saturated carbocycles. The Balaban J connectivity index is 1.64. The summed E-state index contributed by atoms with van der Waals surface area (Å²) in [4.78, 5) is 38.4. The third-order valence-electron chi connectivity index (χ3n) is 4.98. The van der Waals surface area contributed by atoms with Gasteiger partial charge in [0, 0.05) is 0 Å². The molecule has 1 saturated heterocycles. The second-order valence-electron chi connectivity index (χ2n) is 7.24. The van der Waals surface area contributed by atoms with Crippen molar-refractivity contribution < 1.29 is 28.2 Å².